The van der Waals surface area contributed by atoms with Crippen molar-refractivity contribution in [2.75, 3.05) is 26.0 Å². The fraction of sp³-hybridized carbons (Fsp3) is 0.368. The van der Waals surface area contributed by atoms with Crippen molar-refractivity contribution < 1.29 is 14.3 Å². The number of aryl methyl sites for hydroxylation is 1. The molecule has 25 heavy (non-hydrogen) atoms. The molecule has 0 atom stereocenters. The lowest BCUT2D eigenvalue weighted by Gasteiger charge is -2.22. The van der Waals surface area contributed by atoms with E-state index in [4.69, 9.17) is 4.74 Å². The van der Waals surface area contributed by atoms with Gasteiger partial charge in [0.05, 0.1) is 12.7 Å². The first-order valence-corrected chi connectivity index (χ1v) is 9.15. The molecule has 1 amide bonds. The summed E-state index contributed by atoms with van der Waals surface area (Å²) in [4.78, 5) is 27.9. The highest BCUT2D eigenvalue weighted by Gasteiger charge is 2.28. The number of methoxy groups -OCH3 is 1. The van der Waals surface area contributed by atoms with Crippen LogP contribution < -0.4 is 5.32 Å². The van der Waals surface area contributed by atoms with E-state index in [9.17, 15) is 9.59 Å². The zero-order valence-electron chi connectivity index (χ0n) is 14.5. The Morgan fingerprint density at radius 2 is 2.04 bits per heavy atom. The number of hydrogen-bond donors (Lipinski definition) is 1. The molecule has 0 bridgehead atoms. The third-order valence-electron chi connectivity index (χ3n) is 4.37. The van der Waals surface area contributed by atoms with Crippen LogP contribution in [0.25, 0.3) is 0 Å². The number of nitrogens with one attached hydrogen (secondary N) is 1. The van der Waals surface area contributed by atoms with Crippen LogP contribution in [-0.4, -0.2) is 37.5 Å². The molecule has 0 saturated heterocycles. The highest BCUT2D eigenvalue weighted by Crippen LogP contribution is 2.37. The lowest BCUT2D eigenvalue weighted by atomic mass is 10.0. The van der Waals surface area contributed by atoms with Gasteiger partial charge in [-0.2, -0.15) is 0 Å². The number of hydrogen-bond acceptors (Lipinski definition) is 5. The van der Waals surface area contributed by atoms with Crippen molar-refractivity contribution in [2.45, 2.75) is 25.8 Å². The maximum Gasteiger partial charge on any atom is 0.341 e. The smallest absolute Gasteiger partial charge is 0.341 e. The summed E-state index contributed by atoms with van der Waals surface area (Å²) in [7, 11) is 3.43. The Morgan fingerprint density at radius 3 is 2.76 bits per heavy atom. The van der Waals surface area contributed by atoms with Crippen LogP contribution in [0.4, 0.5) is 5.00 Å². The van der Waals surface area contributed by atoms with Crippen molar-refractivity contribution in [3.05, 3.63) is 51.9 Å². The van der Waals surface area contributed by atoms with E-state index in [-0.39, 0.29) is 11.9 Å². The molecule has 5 nitrogen and oxygen atoms in total. The zero-order chi connectivity index (χ0) is 17.8. The molecule has 132 valence electrons. The monoisotopic (exact) mass is 358 g/mol. The van der Waals surface area contributed by atoms with E-state index in [0.29, 0.717) is 23.4 Å². The quantitative estimate of drug-likeness (QED) is 0.835. The lowest BCUT2D eigenvalue weighted by molar-refractivity contribution is -0.116. The largest absolute Gasteiger partial charge is 0.465 e. The minimum absolute atomic E-state index is 0.0824. The summed E-state index contributed by atoms with van der Waals surface area (Å²) in [5, 5.41) is 3.54. The molecule has 0 aliphatic carbocycles. The van der Waals surface area contributed by atoms with Crippen LogP contribution in [0, 0.1) is 0 Å². The molecule has 2 heterocycles. The Kier molecular flexibility index (Phi) is 5.50. The van der Waals surface area contributed by atoms with Crippen molar-refractivity contribution in [1.29, 1.82) is 0 Å². The van der Waals surface area contributed by atoms with E-state index in [1.54, 1.807) is 0 Å². The molecule has 1 aromatic carbocycles. The molecule has 1 N–H and O–H groups in total. The number of likely N-dealkylation sites (N-methyl/N-ethyl adjacent to an activating group) is 1. The SMILES string of the molecule is COC(=O)c1c(NC(=O)CCc2ccccc2)sc2c1CCN(C)C2. The van der Waals surface area contributed by atoms with Crippen LogP contribution in [0.5, 0.6) is 0 Å². The predicted molar refractivity (Wildman–Crippen MR) is 99.1 cm³/mol. The van der Waals surface area contributed by atoms with Crippen LogP contribution in [0.1, 0.15) is 32.8 Å². The minimum Gasteiger partial charge on any atom is -0.465 e. The Balaban J connectivity index is 1.75. The third kappa shape index (κ3) is 4.08. The highest BCUT2D eigenvalue weighted by atomic mass is 32.1. The number of benzene rings is 1. The first-order chi connectivity index (χ1) is 12.1. The molecule has 1 aliphatic heterocycles. The molecule has 3 rings (SSSR count). The van der Waals surface area contributed by atoms with Gasteiger partial charge in [-0.3, -0.25) is 4.79 Å². The van der Waals surface area contributed by atoms with E-state index in [0.717, 1.165) is 35.5 Å². The van der Waals surface area contributed by atoms with Gasteiger partial charge < -0.3 is 15.0 Å². The van der Waals surface area contributed by atoms with Crippen molar-refractivity contribution >= 4 is 28.2 Å². The van der Waals surface area contributed by atoms with Crippen LogP contribution in [0.2, 0.25) is 0 Å². The summed E-state index contributed by atoms with van der Waals surface area (Å²) in [5.41, 5.74) is 2.68. The number of fused-ring (bicyclic) bond motifs is 1. The number of thiophene rings is 1. The fourth-order valence-corrected chi connectivity index (χ4v) is 4.36. The number of rotatable bonds is 5. The molecule has 0 radical (unpaired) electrons. The summed E-state index contributed by atoms with van der Waals surface area (Å²) < 4.78 is 4.94. The van der Waals surface area contributed by atoms with Gasteiger partial charge in [-0.15, -0.1) is 11.3 Å². The fourth-order valence-electron chi connectivity index (χ4n) is 3.03. The van der Waals surface area contributed by atoms with Gasteiger partial charge in [0, 0.05) is 24.4 Å². The average Bonchev–Trinajstić information content (AvgIpc) is 2.97. The second kappa shape index (κ2) is 7.80. The molecule has 1 aromatic heterocycles. The van der Waals surface area contributed by atoms with Gasteiger partial charge >= 0.3 is 5.97 Å². The molecule has 0 fully saturated rings. The van der Waals surface area contributed by atoms with Gasteiger partial charge in [0.15, 0.2) is 0 Å². The topological polar surface area (TPSA) is 58.6 Å². The molecular weight excluding hydrogens is 336 g/mol. The maximum absolute atomic E-state index is 12.4. The van der Waals surface area contributed by atoms with Crippen LogP contribution in [-0.2, 0) is 28.9 Å². The summed E-state index contributed by atoms with van der Waals surface area (Å²) in [6.07, 6.45) is 1.85. The summed E-state index contributed by atoms with van der Waals surface area (Å²) in [6, 6.07) is 9.90. The first kappa shape index (κ1) is 17.6. The van der Waals surface area contributed by atoms with E-state index < -0.39 is 0 Å². The molecule has 1 aliphatic rings. The zero-order valence-corrected chi connectivity index (χ0v) is 15.3. The van der Waals surface area contributed by atoms with Gasteiger partial charge in [-0.25, -0.2) is 4.79 Å². The second-order valence-corrected chi connectivity index (χ2v) is 7.33. The van der Waals surface area contributed by atoms with E-state index in [2.05, 4.69) is 17.3 Å². The number of carbonyl (C=O) groups excluding carboxylic acids is 2. The Hall–Kier alpha value is -2.18. The van der Waals surface area contributed by atoms with Crippen molar-refractivity contribution in [3.63, 3.8) is 0 Å². The second-order valence-electron chi connectivity index (χ2n) is 6.22. The van der Waals surface area contributed by atoms with Gasteiger partial charge in [0.2, 0.25) is 5.91 Å². The first-order valence-electron chi connectivity index (χ1n) is 8.33. The van der Waals surface area contributed by atoms with E-state index in [1.165, 1.54) is 18.4 Å². The summed E-state index contributed by atoms with van der Waals surface area (Å²) in [5.74, 6) is -0.457. The third-order valence-corrected chi connectivity index (χ3v) is 5.51. The number of ether oxygens (including phenoxy) is 1. The molecule has 0 spiro atoms. The summed E-state index contributed by atoms with van der Waals surface area (Å²) >= 11 is 1.48. The van der Waals surface area contributed by atoms with Crippen LogP contribution in [0.3, 0.4) is 0 Å². The Bertz CT molecular complexity index is 770. The van der Waals surface area contributed by atoms with Gasteiger partial charge in [-0.05, 0) is 31.0 Å². The number of carbonyl (C=O) groups is 2. The Labute approximate surface area is 151 Å². The number of anilines is 1. The van der Waals surface area contributed by atoms with Gasteiger partial charge in [0.25, 0.3) is 0 Å². The normalized spacial score (nSPS) is 14.0. The van der Waals surface area contributed by atoms with Crippen molar-refractivity contribution in [3.8, 4) is 0 Å². The average molecular weight is 358 g/mol. The predicted octanol–water partition coefficient (Wildman–Crippen LogP) is 3.09. The minimum atomic E-state index is -0.375. The molecule has 2 aromatic rings. The van der Waals surface area contributed by atoms with E-state index in [1.807, 2.05) is 30.3 Å². The molecule has 6 heteroatoms. The van der Waals surface area contributed by atoms with Crippen LogP contribution in [0.15, 0.2) is 30.3 Å². The lowest BCUT2D eigenvalue weighted by Crippen LogP contribution is -2.26. The number of esters is 1. The molecule has 0 saturated carbocycles. The standard InChI is InChI=1S/C19H22N2O3S/c1-21-11-10-14-15(12-21)25-18(17(14)19(23)24-2)20-16(22)9-8-13-6-4-3-5-7-13/h3-7H,8-12H2,1-2H3,(H,20,22). The van der Waals surface area contributed by atoms with E-state index >= 15 is 0 Å². The number of nitrogens with zero attached hydrogens (tertiary/aromatic N) is 1. The number of amides is 1. The maximum atomic E-state index is 12.4. The van der Waals surface area contributed by atoms with Crippen LogP contribution >= 0.6 is 11.3 Å². The highest BCUT2D eigenvalue weighted by molar-refractivity contribution is 7.17. The van der Waals surface area contributed by atoms with Gasteiger partial charge in [-0.1, -0.05) is 30.3 Å². The Morgan fingerprint density at radius 1 is 1.28 bits per heavy atom. The summed E-state index contributed by atoms with van der Waals surface area (Å²) in [6.45, 7) is 1.69. The van der Waals surface area contributed by atoms with Crippen molar-refractivity contribution in [2.24, 2.45) is 0 Å². The molecule has 0 unspecified atom stereocenters. The van der Waals surface area contributed by atoms with Gasteiger partial charge in [0.1, 0.15) is 5.00 Å². The van der Waals surface area contributed by atoms with Crippen molar-refractivity contribution in [1.82, 2.24) is 4.90 Å². The molecular formula is C19H22N2O3S.